The molecule has 0 unspecified atom stereocenters. The average Bonchev–Trinajstić information content (AvgIpc) is 2.83. The maximum Gasteiger partial charge on any atom is 0.294 e. The van der Waals surface area contributed by atoms with Gasteiger partial charge < -0.3 is 5.32 Å². The maximum absolute atomic E-state index is 12.5. The first kappa shape index (κ1) is 19.6. The zero-order chi connectivity index (χ0) is 19.6. The third-order valence-electron chi connectivity index (χ3n) is 3.85. The van der Waals surface area contributed by atoms with Gasteiger partial charge in [-0.25, -0.2) is 0 Å². The predicted molar refractivity (Wildman–Crippen MR) is 116 cm³/mol. The highest BCUT2D eigenvalue weighted by Gasteiger charge is 2.36. The number of hydrogen-bond donors (Lipinski definition) is 1. The van der Waals surface area contributed by atoms with E-state index in [4.69, 9.17) is 0 Å². The van der Waals surface area contributed by atoms with Gasteiger partial charge in [-0.05, 0) is 95.2 Å². The summed E-state index contributed by atoms with van der Waals surface area (Å²) in [4.78, 5) is 38.3. The zero-order valence-electron chi connectivity index (χ0n) is 14.8. The van der Waals surface area contributed by atoms with Gasteiger partial charge in [0.1, 0.15) is 6.54 Å². The molecule has 2 aromatic carbocycles. The molecule has 0 atom stereocenters. The molecule has 1 N–H and O–H groups in total. The van der Waals surface area contributed by atoms with E-state index in [0.717, 1.165) is 36.9 Å². The molecule has 1 fully saturated rings. The van der Waals surface area contributed by atoms with Crippen LogP contribution in [0.4, 0.5) is 10.5 Å². The van der Waals surface area contributed by atoms with Gasteiger partial charge in [0.2, 0.25) is 5.91 Å². The molecule has 27 heavy (non-hydrogen) atoms. The van der Waals surface area contributed by atoms with Crippen LogP contribution in [0.25, 0.3) is 6.08 Å². The van der Waals surface area contributed by atoms with Crippen molar-refractivity contribution in [2.45, 2.75) is 13.8 Å². The van der Waals surface area contributed by atoms with Crippen molar-refractivity contribution in [2.75, 3.05) is 11.9 Å². The molecule has 1 saturated heterocycles. The molecular weight excluding hydrogens is 475 g/mol. The highest BCUT2D eigenvalue weighted by atomic mass is 127. The normalized spacial score (nSPS) is 15.5. The minimum atomic E-state index is -0.445. The van der Waals surface area contributed by atoms with Crippen LogP contribution in [0.2, 0.25) is 0 Å². The molecule has 5 nitrogen and oxygen atoms in total. The number of thioether (sulfide) groups is 1. The summed E-state index contributed by atoms with van der Waals surface area (Å²) >= 11 is 3.05. The Labute approximate surface area is 175 Å². The van der Waals surface area contributed by atoms with Crippen LogP contribution in [-0.2, 0) is 9.59 Å². The molecule has 7 heteroatoms. The van der Waals surface area contributed by atoms with Crippen molar-refractivity contribution in [2.24, 2.45) is 0 Å². The lowest BCUT2D eigenvalue weighted by Crippen LogP contribution is -2.36. The highest BCUT2D eigenvalue weighted by molar-refractivity contribution is 14.1. The van der Waals surface area contributed by atoms with Gasteiger partial charge in [-0.2, -0.15) is 0 Å². The van der Waals surface area contributed by atoms with Crippen LogP contribution in [0.3, 0.4) is 0 Å². The van der Waals surface area contributed by atoms with E-state index in [1.807, 2.05) is 56.3 Å². The third kappa shape index (κ3) is 4.98. The summed E-state index contributed by atoms with van der Waals surface area (Å²) in [5, 5.41) is 2.31. The number of carbonyl (C=O) groups excluding carboxylic acids is 3. The second-order valence-electron chi connectivity index (χ2n) is 6.24. The number of carbonyl (C=O) groups is 3. The second-order valence-corrected chi connectivity index (χ2v) is 8.48. The van der Waals surface area contributed by atoms with Gasteiger partial charge in [0.15, 0.2) is 0 Å². The van der Waals surface area contributed by atoms with Crippen molar-refractivity contribution < 1.29 is 14.4 Å². The van der Waals surface area contributed by atoms with Gasteiger partial charge in [-0.3, -0.25) is 19.3 Å². The number of nitrogens with one attached hydrogen (secondary N) is 1. The molecular formula is C20H17IN2O3S. The van der Waals surface area contributed by atoms with E-state index in [1.54, 1.807) is 6.08 Å². The number of aryl methyl sites for hydroxylation is 2. The first-order valence-corrected chi connectivity index (χ1v) is 10.1. The maximum atomic E-state index is 12.5. The molecule has 0 bridgehead atoms. The number of imide groups is 1. The zero-order valence-corrected chi connectivity index (χ0v) is 17.8. The lowest BCUT2D eigenvalue weighted by atomic mass is 10.1. The lowest BCUT2D eigenvalue weighted by molar-refractivity contribution is -0.127. The van der Waals surface area contributed by atoms with Gasteiger partial charge in [0.25, 0.3) is 11.1 Å². The quantitative estimate of drug-likeness (QED) is 0.501. The van der Waals surface area contributed by atoms with E-state index in [-0.39, 0.29) is 6.54 Å². The number of rotatable bonds is 4. The van der Waals surface area contributed by atoms with Crippen molar-refractivity contribution >= 4 is 63.2 Å². The number of nitrogens with zero attached hydrogens (tertiary/aromatic N) is 1. The molecule has 3 amide bonds. The Hall–Kier alpha value is -2.13. The number of amides is 3. The predicted octanol–water partition coefficient (Wildman–Crippen LogP) is 4.58. The summed E-state index contributed by atoms with van der Waals surface area (Å²) in [6, 6.07) is 13.3. The number of benzene rings is 2. The summed E-state index contributed by atoms with van der Waals surface area (Å²) in [5.41, 5.74) is 3.54. The fourth-order valence-electron chi connectivity index (χ4n) is 2.74. The summed E-state index contributed by atoms with van der Waals surface area (Å²) in [7, 11) is 0. The van der Waals surface area contributed by atoms with Crippen molar-refractivity contribution in [1.82, 2.24) is 4.90 Å². The number of anilines is 1. The van der Waals surface area contributed by atoms with Gasteiger partial charge in [-0.1, -0.05) is 18.2 Å². The van der Waals surface area contributed by atoms with Crippen molar-refractivity contribution in [1.29, 1.82) is 0 Å². The largest absolute Gasteiger partial charge is 0.325 e. The van der Waals surface area contributed by atoms with E-state index in [0.29, 0.717) is 10.6 Å². The number of halogens is 1. The molecule has 2 aromatic rings. The Morgan fingerprint density at radius 3 is 2.37 bits per heavy atom. The Kier molecular flexibility index (Phi) is 6.01. The second kappa shape index (κ2) is 8.26. The van der Waals surface area contributed by atoms with Crippen LogP contribution >= 0.6 is 34.4 Å². The van der Waals surface area contributed by atoms with Crippen LogP contribution in [-0.4, -0.2) is 28.5 Å². The third-order valence-corrected chi connectivity index (χ3v) is 5.48. The van der Waals surface area contributed by atoms with Crippen LogP contribution in [0.5, 0.6) is 0 Å². The standard InChI is InChI=1S/C20H17IN2O3S/c1-12-7-13(2)9-16(8-12)22-18(24)11-23-19(25)17(27-20(23)26)10-14-3-5-15(21)6-4-14/h3-10H,11H2,1-2H3,(H,22,24)/b17-10-. The van der Waals surface area contributed by atoms with Crippen LogP contribution in [0, 0.1) is 17.4 Å². The van der Waals surface area contributed by atoms with E-state index >= 15 is 0 Å². The van der Waals surface area contributed by atoms with E-state index in [9.17, 15) is 14.4 Å². The molecule has 0 spiro atoms. The van der Waals surface area contributed by atoms with Crippen molar-refractivity contribution in [3.63, 3.8) is 0 Å². The number of hydrogen-bond acceptors (Lipinski definition) is 4. The van der Waals surface area contributed by atoms with Gasteiger partial charge >= 0.3 is 0 Å². The molecule has 0 saturated carbocycles. The molecule has 0 aliphatic carbocycles. The summed E-state index contributed by atoms with van der Waals surface area (Å²) in [5.74, 6) is -0.850. The fourth-order valence-corrected chi connectivity index (χ4v) is 3.94. The minimum Gasteiger partial charge on any atom is -0.325 e. The molecule has 3 rings (SSSR count). The Balaban J connectivity index is 1.69. The van der Waals surface area contributed by atoms with Crippen molar-refractivity contribution in [3.05, 3.63) is 67.6 Å². The topological polar surface area (TPSA) is 66.5 Å². The molecule has 0 radical (unpaired) electrons. The van der Waals surface area contributed by atoms with E-state index < -0.39 is 17.1 Å². The van der Waals surface area contributed by atoms with Gasteiger partial charge in [0, 0.05) is 9.26 Å². The van der Waals surface area contributed by atoms with Crippen molar-refractivity contribution in [3.8, 4) is 0 Å². The summed E-state index contributed by atoms with van der Waals surface area (Å²) in [6.07, 6.45) is 1.67. The van der Waals surface area contributed by atoms with E-state index in [2.05, 4.69) is 27.9 Å². The molecule has 138 valence electrons. The Bertz CT molecular complexity index is 934. The molecule has 1 heterocycles. The highest BCUT2D eigenvalue weighted by Crippen LogP contribution is 2.32. The van der Waals surface area contributed by atoms with E-state index in [1.165, 1.54) is 0 Å². The first-order valence-electron chi connectivity index (χ1n) is 8.21. The lowest BCUT2D eigenvalue weighted by Gasteiger charge is -2.13. The van der Waals surface area contributed by atoms with Crippen LogP contribution in [0.1, 0.15) is 16.7 Å². The Morgan fingerprint density at radius 1 is 1.11 bits per heavy atom. The van der Waals surface area contributed by atoms with Gasteiger partial charge in [-0.15, -0.1) is 0 Å². The minimum absolute atomic E-state index is 0.304. The fraction of sp³-hybridized carbons (Fsp3) is 0.150. The molecule has 1 aliphatic rings. The van der Waals surface area contributed by atoms with Gasteiger partial charge in [0.05, 0.1) is 4.91 Å². The average molecular weight is 492 g/mol. The SMILES string of the molecule is Cc1cc(C)cc(NC(=O)CN2C(=O)S/C(=C\c3ccc(I)cc3)C2=O)c1. The van der Waals surface area contributed by atoms with Crippen LogP contribution in [0.15, 0.2) is 47.4 Å². The first-order chi connectivity index (χ1) is 12.8. The summed E-state index contributed by atoms with van der Waals surface area (Å²) < 4.78 is 1.08. The monoisotopic (exact) mass is 492 g/mol. The Morgan fingerprint density at radius 2 is 1.74 bits per heavy atom. The smallest absolute Gasteiger partial charge is 0.294 e. The molecule has 0 aromatic heterocycles. The molecule has 1 aliphatic heterocycles. The van der Waals surface area contributed by atoms with Crippen LogP contribution < -0.4 is 5.32 Å². The summed E-state index contributed by atoms with van der Waals surface area (Å²) in [6.45, 7) is 3.57.